The van der Waals surface area contributed by atoms with Gasteiger partial charge in [-0.15, -0.1) is 0 Å². The maximum Gasteiger partial charge on any atom is 0.255 e. The van der Waals surface area contributed by atoms with Gasteiger partial charge in [0.2, 0.25) is 5.91 Å². The smallest absolute Gasteiger partial charge is 0.255 e. The molecule has 0 bridgehead atoms. The van der Waals surface area contributed by atoms with Crippen molar-refractivity contribution in [3.8, 4) is 5.75 Å². The van der Waals surface area contributed by atoms with E-state index in [1.807, 2.05) is 67.7 Å². The van der Waals surface area contributed by atoms with E-state index in [4.69, 9.17) is 4.74 Å². The average molecular weight is 440 g/mol. The molecule has 0 unspecified atom stereocenters. The van der Waals surface area contributed by atoms with Crippen molar-refractivity contribution in [1.82, 2.24) is 14.8 Å². The largest absolute Gasteiger partial charge is 0.497 e. The molecule has 0 fully saturated rings. The Bertz CT molecular complexity index is 1360. The van der Waals surface area contributed by atoms with Crippen LogP contribution in [0.25, 0.3) is 10.9 Å². The van der Waals surface area contributed by atoms with Gasteiger partial charge in [-0.1, -0.05) is 48.5 Å². The number of nitrogens with one attached hydrogen (secondary N) is 1. The van der Waals surface area contributed by atoms with E-state index in [0.717, 1.165) is 33.3 Å². The lowest BCUT2D eigenvalue weighted by molar-refractivity contribution is -0.122. The van der Waals surface area contributed by atoms with Crippen LogP contribution >= 0.6 is 0 Å². The maximum absolute atomic E-state index is 13.3. The minimum Gasteiger partial charge on any atom is -0.497 e. The second-order valence-electron chi connectivity index (χ2n) is 8.26. The average Bonchev–Trinajstić information content (AvgIpc) is 3.32. The normalized spacial score (nSPS) is 15.0. The fraction of sp³-hybridized carbons (Fsp3) is 0.185. The third-order valence-corrected chi connectivity index (χ3v) is 6.22. The van der Waals surface area contributed by atoms with Gasteiger partial charge in [-0.25, -0.2) is 0 Å². The number of para-hydroxylation sites is 1. The first-order chi connectivity index (χ1) is 16.1. The summed E-state index contributed by atoms with van der Waals surface area (Å²) < 4.78 is 7.32. The van der Waals surface area contributed by atoms with E-state index in [2.05, 4.69) is 28.2 Å². The van der Waals surface area contributed by atoms with E-state index >= 15 is 0 Å². The molecular weight excluding hydrogens is 414 g/mol. The lowest BCUT2D eigenvalue weighted by Crippen LogP contribution is -2.39. The number of hydrogen-bond donors (Lipinski definition) is 1. The zero-order chi connectivity index (χ0) is 22.9. The topological polar surface area (TPSA) is 63.6 Å². The molecule has 4 aromatic rings. The molecule has 2 amide bonds. The van der Waals surface area contributed by atoms with Crippen LogP contribution in [-0.4, -0.2) is 34.9 Å². The Morgan fingerprint density at radius 1 is 1.00 bits per heavy atom. The Morgan fingerprint density at radius 3 is 2.64 bits per heavy atom. The van der Waals surface area contributed by atoms with Gasteiger partial charge in [0.15, 0.2) is 0 Å². The highest BCUT2D eigenvalue weighted by Gasteiger charge is 2.39. The minimum absolute atomic E-state index is 0.0225. The van der Waals surface area contributed by atoms with Crippen molar-refractivity contribution < 1.29 is 14.3 Å². The van der Waals surface area contributed by atoms with E-state index in [0.29, 0.717) is 12.1 Å². The molecule has 1 aliphatic rings. The lowest BCUT2D eigenvalue weighted by atomic mass is 9.97. The number of carbonyl (C=O) groups excluding carboxylic acids is 2. The van der Waals surface area contributed by atoms with Crippen LogP contribution in [0, 0.1) is 0 Å². The van der Waals surface area contributed by atoms with Crippen LogP contribution in [0.5, 0.6) is 5.75 Å². The summed E-state index contributed by atoms with van der Waals surface area (Å²) in [4.78, 5) is 27.9. The zero-order valence-corrected chi connectivity index (χ0v) is 18.6. The van der Waals surface area contributed by atoms with E-state index in [1.54, 1.807) is 12.0 Å². The number of amides is 2. The van der Waals surface area contributed by atoms with Gasteiger partial charge in [0.25, 0.3) is 5.91 Å². The summed E-state index contributed by atoms with van der Waals surface area (Å²) in [5.74, 6) is 0.409. The summed E-state index contributed by atoms with van der Waals surface area (Å²) in [7, 11) is 3.61. The standard InChI is InChI=1S/C27H25N3O3/c1-29-16-23(20-10-5-6-13-24(20)29)26-21-11-3-4-12-22(21)27(32)30(26)17-25(31)28-15-18-8-7-9-19(14-18)33-2/h3-14,16,26H,15,17H2,1-2H3,(H,28,31)/t26-/m0/s1. The fourth-order valence-corrected chi connectivity index (χ4v) is 4.65. The Labute approximate surface area is 192 Å². The number of aryl methyl sites for hydroxylation is 1. The molecule has 0 saturated carbocycles. The predicted molar refractivity (Wildman–Crippen MR) is 127 cm³/mol. The summed E-state index contributed by atoms with van der Waals surface area (Å²) in [6.07, 6.45) is 2.06. The summed E-state index contributed by atoms with van der Waals surface area (Å²) in [6, 6.07) is 23.0. The molecular formula is C27H25N3O3. The fourth-order valence-electron chi connectivity index (χ4n) is 4.65. The molecule has 0 radical (unpaired) electrons. The Hall–Kier alpha value is -4.06. The zero-order valence-electron chi connectivity index (χ0n) is 18.6. The van der Waals surface area contributed by atoms with Crippen LogP contribution < -0.4 is 10.1 Å². The molecule has 1 N–H and O–H groups in total. The molecule has 0 aliphatic carbocycles. The van der Waals surface area contributed by atoms with Crippen LogP contribution in [0.1, 0.15) is 33.1 Å². The van der Waals surface area contributed by atoms with Crippen LogP contribution in [0.4, 0.5) is 0 Å². The molecule has 1 atom stereocenters. The molecule has 6 heteroatoms. The number of nitrogens with zero attached hydrogens (tertiary/aromatic N) is 2. The van der Waals surface area contributed by atoms with E-state index < -0.39 is 0 Å². The predicted octanol–water partition coefficient (Wildman–Crippen LogP) is 4.05. The molecule has 0 spiro atoms. The third-order valence-electron chi connectivity index (χ3n) is 6.22. The first kappa shape index (κ1) is 20.8. The number of fused-ring (bicyclic) bond motifs is 2. The maximum atomic E-state index is 13.3. The summed E-state index contributed by atoms with van der Waals surface area (Å²) in [5, 5.41) is 4.03. The molecule has 1 aliphatic heterocycles. The highest BCUT2D eigenvalue weighted by molar-refractivity contribution is 6.02. The molecule has 3 aromatic carbocycles. The van der Waals surface area contributed by atoms with Gasteiger partial charge in [-0.2, -0.15) is 0 Å². The second-order valence-corrected chi connectivity index (χ2v) is 8.26. The van der Waals surface area contributed by atoms with Crippen molar-refractivity contribution in [3.05, 3.63) is 101 Å². The lowest BCUT2D eigenvalue weighted by Gasteiger charge is -2.25. The van der Waals surface area contributed by atoms with Gasteiger partial charge in [-0.05, 0) is 35.4 Å². The number of benzene rings is 3. The highest BCUT2D eigenvalue weighted by Crippen LogP contribution is 2.41. The van der Waals surface area contributed by atoms with Gasteiger partial charge in [0, 0.05) is 41.8 Å². The minimum atomic E-state index is -0.317. The highest BCUT2D eigenvalue weighted by atomic mass is 16.5. The molecule has 1 aromatic heterocycles. The number of rotatable bonds is 6. The van der Waals surface area contributed by atoms with Crippen LogP contribution in [-0.2, 0) is 18.4 Å². The van der Waals surface area contributed by atoms with Gasteiger partial charge < -0.3 is 19.5 Å². The number of hydrogen-bond acceptors (Lipinski definition) is 3. The number of methoxy groups -OCH3 is 1. The third kappa shape index (κ3) is 3.74. The summed E-state index contributed by atoms with van der Waals surface area (Å²) >= 11 is 0. The summed E-state index contributed by atoms with van der Waals surface area (Å²) in [5.41, 5.74) is 4.62. The van der Waals surface area contributed by atoms with Crippen molar-refractivity contribution in [2.75, 3.05) is 13.7 Å². The van der Waals surface area contributed by atoms with Crippen molar-refractivity contribution in [1.29, 1.82) is 0 Å². The molecule has 5 rings (SSSR count). The van der Waals surface area contributed by atoms with Crippen LogP contribution in [0.3, 0.4) is 0 Å². The summed E-state index contributed by atoms with van der Waals surface area (Å²) in [6.45, 7) is 0.343. The van der Waals surface area contributed by atoms with E-state index in [9.17, 15) is 9.59 Å². The Kier molecular flexibility index (Phi) is 5.34. The SMILES string of the molecule is COc1cccc(CNC(=O)CN2C(=O)c3ccccc3[C@H]2c2cn(C)c3ccccc23)c1. The van der Waals surface area contributed by atoms with Crippen LogP contribution in [0.2, 0.25) is 0 Å². The van der Waals surface area contributed by atoms with Crippen molar-refractivity contribution >= 4 is 22.7 Å². The van der Waals surface area contributed by atoms with Gasteiger partial charge in [0.05, 0.1) is 13.2 Å². The van der Waals surface area contributed by atoms with E-state index in [-0.39, 0.29) is 24.4 Å². The molecule has 33 heavy (non-hydrogen) atoms. The van der Waals surface area contributed by atoms with Gasteiger partial charge in [-0.3, -0.25) is 9.59 Å². The molecule has 6 nitrogen and oxygen atoms in total. The molecule has 0 saturated heterocycles. The molecule has 2 heterocycles. The first-order valence-corrected chi connectivity index (χ1v) is 10.9. The van der Waals surface area contributed by atoms with Crippen molar-refractivity contribution in [2.45, 2.75) is 12.6 Å². The first-order valence-electron chi connectivity index (χ1n) is 10.9. The van der Waals surface area contributed by atoms with Gasteiger partial charge >= 0.3 is 0 Å². The second kappa shape index (κ2) is 8.47. The van der Waals surface area contributed by atoms with Crippen LogP contribution in [0.15, 0.2) is 79.0 Å². The number of aromatic nitrogens is 1. The van der Waals surface area contributed by atoms with Crippen molar-refractivity contribution in [2.24, 2.45) is 7.05 Å². The Morgan fingerprint density at radius 2 is 1.79 bits per heavy atom. The number of ether oxygens (including phenoxy) is 1. The van der Waals surface area contributed by atoms with Gasteiger partial charge in [0.1, 0.15) is 12.3 Å². The quantitative estimate of drug-likeness (QED) is 0.493. The van der Waals surface area contributed by atoms with Crippen molar-refractivity contribution in [3.63, 3.8) is 0 Å². The monoisotopic (exact) mass is 439 g/mol. The molecule has 166 valence electrons. The Balaban J connectivity index is 1.44. The number of carbonyl (C=O) groups is 2. The van der Waals surface area contributed by atoms with E-state index in [1.165, 1.54) is 0 Å².